The van der Waals surface area contributed by atoms with Gasteiger partial charge in [0.2, 0.25) is 0 Å². The predicted molar refractivity (Wildman–Crippen MR) is 87.3 cm³/mol. The van der Waals surface area contributed by atoms with E-state index in [0.29, 0.717) is 5.56 Å². The molecule has 2 aromatic carbocycles. The molecule has 4 nitrogen and oxygen atoms in total. The largest absolute Gasteiger partial charge is 0.382 e. The van der Waals surface area contributed by atoms with Crippen molar-refractivity contribution in [3.05, 3.63) is 53.6 Å². The molecule has 0 atom stereocenters. The Bertz CT molecular complexity index is 681. The van der Waals surface area contributed by atoms with E-state index in [1.807, 2.05) is 56.4 Å². The third kappa shape index (κ3) is 2.70. The van der Waals surface area contributed by atoms with Gasteiger partial charge in [-0.2, -0.15) is 0 Å². The second-order valence-corrected chi connectivity index (χ2v) is 5.32. The molecule has 2 N–H and O–H groups in total. The Morgan fingerprint density at radius 3 is 2.57 bits per heavy atom. The summed E-state index contributed by atoms with van der Waals surface area (Å²) in [5, 5.41) is 6.62. The standard InChI is InChI=1S/C17H19N3O/c1-12-4-3-5-14(10-12)20(2)17(21)13-6-7-15-16(11-13)19-9-8-18-15/h3-7,10-11,18-19H,8-9H2,1-2H3. The van der Waals surface area contributed by atoms with Crippen LogP contribution in [0.4, 0.5) is 17.1 Å². The predicted octanol–water partition coefficient (Wildman–Crippen LogP) is 3.11. The highest BCUT2D eigenvalue weighted by Gasteiger charge is 2.16. The van der Waals surface area contributed by atoms with Gasteiger partial charge in [0.05, 0.1) is 11.4 Å². The van der Waals surface area contributed by atoms with Crippen LogP contribution in [0.2, 0.25) is 0 Å². The highest BCUT2D eigenvalue weighted by Crippen LogP contribution is 2.26. The highest BCUT2D eigenvalue weighted by molar-refractivity contribution is 6.06. The molecule has 0 spiro atoms. The highest BCUT2D eigenvalue weighted by atomic mass is 16.2. The topological polar surface area (TPSA) is 44.4 Å². The van der Waals surface area contributed by atoms with Crippen molar-refractivity contribution in [3.8, 4) is 0 Å². The van der Waals surface area contributed by atoms with E-state index in [0.717, 1.165) is 35.7 Å². The van der Waals surface area contributed by atoms with Crippen LogP contribution in [0.5, 0.6) is 0 Å². The van der Waals surface area contributed by atoms with E-state index in [1.165, 1.54) is 0 Å². The molecule has 4 heteroatoms. The fraction of sp³-hybridized carbons (Fsp3) is 0.235. The number of carbonyl (C=O) groups excluding carboxylic acids is 1. The van der Waals surface area contributed by atoms with Crippen LogP contribution in [0, 0.1) is 6.92 Å². The van der Waals surface area contributed by atoms with Gasteiger partial charge < -0.3 is 15.5 Å². The van der Waals surface area contributed by atoms with Crippen LogP contribution in [0.3, 0.4) is 0 Å². The monoisotopic (exact) mass is 281 g/mol. The summed E-state index contributed by atoms with van der Waals surface area (Å²) in [6.45, 7) is 3.80. The number of amides is 1. The first-order chi connectivity index (χ1) is 10.1. The first-order valence-electron chi connectivity index (χ1n) is 7.12. The molecule has 2 aromatic rings. The van der Waals surface area contributed by atoms with Crippen molar-refractivity contribution >= 4 is 23.0 Å². The molecule has 0 fully saturated rings. The number of anilines is 3. The van der Waals surface area contributed by atoms with Gasteiger partial charge in [0.25, 0.3) is 5.91 Å². The molecule has 1 aliphatic rings. The van der Waals surface area contributed by atoms with E-state index >= 15 is 0 Å². The van der Waals surface area contributed by atoms with Crippen molar-refractivity contribution in [1.29, 1.82) is 0 Å². The maximum absolute atomic E-state index is 12.6. The molecule has 0 unspecified atom stereocenters. The molecule has 0 radical (unpaired) electrons. The van der Waals surface area contributed by atoms with E-state index in [2.05, 4.69) is 10.6 Å². The van der Waals surface area contributed by atoms with Crippen molar-refractivity contribution in [2.24, 2.45) is 0 Å². The van der Waals surface area contributed by atoms with Crippen LogP contribution in [0.15, 0.2) is 42.5 Å². The minimum atomic E-state index is -0.00391. The number of carbonyl (C=O) groups is 1. The van der Waals surface area contributed by atoms with Gasteiger partial charge in [0.1, 0.15) is 0 Å². The number of benzene rings is 2. The lowest BCUT2D eigenvalue weighted by atomic mass is 10.1. The van der Waals surface area contributed by atoms with Crippen molar-refractivity contribution in [1.82, 2.24) is 0 Å². The third-order valence-electron chi connectivity index (χ3n) is 3.72. The molecule has 0 aliphatic carbocycles. The second-order valence-electron chi connectivity index (χ2n) is 5.32. The normalized spacial score (nSPS) is 12.9. The van der Waals surface area contributed by atoms with Crippen LogP contribution < -0.4 is 15.5 Å². The van der Waals surface area contributed by atoms with Crippen molar-refractivity contribution in [3.63, 3.8) is 0 Å². The van der Waals surface area contributed by atoms with Gasteiger partial charge in [-0.1, -0.05) is 12.1 Å². The van der Waals surface area contributed by atoms with Gasteiger partial charge in [-0.3, -0.25) is 4.79 Å². The summed E-state index contributed by atoms with van der Waals surface area (Å²) >= 11 is 0. The maximum Gasteiger partial charge on any atom is 0.258 e. The van der Waals surface area contributed by atoms with E-state index in [1.54, 1.807) is 4.90 Å². The van der Waals surface area contributed by atoms with Crippen LogP contribution >= 0.6 is 0 Å². The average molecular weight is 281 g/mol. The third-order valence-corrected chi connectivity index (χ3v) is 3.72. The fourth-order valence-corrected chi connectivity index (χ4v) is 2.52. The molecule has 0 bridgehead atoms. The number of nitrogens with one attached hydrogen (secondary N) is 2. The molecule has 1 heterocycles. The van der Waals surface area contributed by atoms with E-state index in [4.69, 9.17) is 0 Å². The molecule has 1 aliphatic heterocycles. The Balaban J connectivity index is 1.88. The lowest BCUT2D eigenvalue weighted by Gasteiger charge is -2.22. The van der Waals surface area contributed by atoms with E-state index in [9.17, 15) is 4.79 Å². The molecular formula is C17H19N3O. The molecule has 0 saturated carbocycles. The van der Waals surface area contributed by atoms with Gasteiger partial charge >= 0.3 is 0 Å². The molecule has 3 rings (SSSR count). The summed E-state index contributed by atoms with van der Waals surface area (Å²) in [7, 11) is 1.81. The van der Waals surface area contributed by atoms with Crippen LogP contribution in [0.25, 0.3) is 0 Å². The number of nitrogens with zero attached hydrogens (tertiary/aromatic N) is 1. The minimum absolute atomic E-state index is 0.00391. The summed E-state index contributed by atoms with van der Waals surface area (Å²) < 4.78 is 0. The lowest BCUT2D eigenvalue weighted by molar-refractivity contribution is 0.0993. The summed E-state index contributed by atoms with van der Waals surface area (Å²) in [5.74, 6) is -0.00391. The van der Waals surface area contributed by atoms with Crippen molar-refractivity contribution in [2.45, 2.75) is 6.92 Å². The first kappa shape index (κ1) is 13.5. The number of rotatable bonds is 2. The minimum Gasteiger partial charge on any atom is -0.382 e. The Morgan fingerprint density at radius 2 is 1.81 bits per heavy atom. The van der Waals surface area contributed by atoms with Gasteiger partial charge in [-0.05, 0) is 42.8 Å². The van der Waals surface area contributed by atoms with Gasteiger partial charge in [0, 0.05) is 31.4 Å². The zero-order valence-electron chi connectivity index (χ0n) is 12.3. The van der Waals surface area contributed by atoms with E-state index < -0.39 is 0 Å². The molecule has 108 valence electrons. The zero-order chi connectivity index (χ0) is 14.8. The number of fused-ring (bicyclic) bond motifs is 1. The van der Waals surface area contributed by atoms with Crippen LogP contribution in [-0.2, 0) is 0 Å². The first-order valence-corrected chi connectivity index (χ1v) is 7.12. The smallest absolute Gasteiger partial charge is 0.258 e. The number of hydrogen-bond donors (Lipinski definition) is 2. The van der Waals surface area contributed by atoms with Gasteiger partial charge in [0.15, 0.2) is 0 Å². The molecule has 0 saturated heterocycles. The molecular weight excluding hydrogens is 262 g/mol. The van der Waals surface area contributed by atoms with Gasteiger partial charge in [-0.25, -0.2) is 0 Å². The summed E-state index contributed by atoms with van der Waals surface area (Å²) in [4.78, 5) is 14.3. The Morgan fingerprint density at radius 1 is 1.05 bits per heavy atom. The Hall–Kier alpha value is -2.49. The van der Waals surface area contributed by atoms with Crippen molar-refractivity contribution < 1.29 is 4.79 Å². The summed E-state index contributed by atoms with van der Waals surface area (Å²) in [6, 6.07) is 13.7. The molecule has 21 heavy (non-hydrogen) atoms. The number of hydrogen-bond acceptors (Lipinski definition) is 3. The lowest BCUT2D eigenvalue weighted by Crippen LogP contribution is -2.27. The summed E-state index contributed by atoms with van der Waals surface area (Å²) in [5.41, 5.74) is 4.78. The van der Waals surface area contributed by atoms with Crippen LogP contribution in [-0.4, -0.2) is 26.0 Å². The maximum atomic E-state index is 12.6. The second kappa shape index (κ2) is 5.48. The van der Waals surface area contributed by atoms with E-state index in [-0.39, 0.29) is 5.91 Å². The quantitative estimate of drug-likeness (QED) is 0.889. The molecule has 1 amide bonds. The SMILES string of the molecule is Cc1cccc(N(C)C(=O)c2ccc3c(c2)NCCN3)c1. The molecule has 0 aromatic heterocycles. The number of aryl methyl sites for hydroxylation is 1. The van der Waals surface area contributed by atoms with Crippen molar-refractivity contribution in [2.75, 3.05) is 35.7 Å². The fourth-order valence-electron chi connectivity index (χ4n) is 2.52. The van der Waals surface area contributed by atoms with Crippen LogP contribution in [0.1, 0.15) is 15.9 Å². The Labute approximate surface area is 124 Å². The summed E-state index contributed by atoms with van der Waals surface area (Å²) in [6.07, 6.45) is 0. The van der Waals surface area contributed by atoms with Gasteiger partial charge in [-0.15, -0.1) is 0 Å². The average Bonchev–Trinajstić information content (AvgIpc) is 2.53. The zero-order valence-corrected chi connectivity index (χ0v) is 12.3. The Kier molecular flexibility index (Phi) is 3.52.